The number of nitrogens with zero attached hydrogens (tertiary/aromatic N) is 1. The van der Waals surface area contributed by atoms with Crippen molar-refractivity contribution in [3.05, 3.63) is 39.4 Å². The number of non-ortho nitro benzene ring substituents is 1. The van der Waals surface area contributed by atoms with E-state index in [0.29, 0.717) is 17.7 Å². The maximum absolute atomic E-state index is 12.1. The van der Waals surface area contributed by atoms with E-state index in [4.69, 9.17) is 0 Å². The highest BCUT2D eigenvalue weighted by Gasteiger charge is 2.18. The molecule has 0 aromatic heterocycles. The van der Waals surface area contributed by atoms with Gasteiger partial charge >= 0.3 is 0 Å². The Morgan fingerprint density at radius 1 is 1.43 bits per heavy atom. The van der Waals surface area contributed by atoms with Crippen molar-refractivity contribution in [3.8, 4) is 0 Å². The first-order valence-electron chi connectivity index (χ1n) is 6.77. The van der Waals surface area contributed by atoms with Crippen LogP contribution >= 0.6 is 15.9 Å². The van der Waals surface area contributed by atoms with Crippen molar-refractivity contribution in [2.45, 2.75) is 38.9 Å². The normalized spacial score (nSPS) is 12.8. The minimum absolute atomic E-state index is 0.00449. The van der Waals surface area contributed by atoms with E-state index in [0.717, 1.165) is 6.42 Å². The number of rotatable bonds is 5. The fourth-order valence-corrected chi connectivity index (χ4v) is 3.18. The van der Waals surface area contributed by atoms with Gasteiger partial charge in [-0.15, -0.1) is 0 Å². The Kier molecular flexibility index (Phi) is 5.89. The lowest BCUT2D eigenvalue weighted by molar-refractivity contribution is -0.384. The van der Waals surface area contributed by atoms with Crippen LogP contribution < -0.4 is 5.32 Å². The maximum Gasteiger partial charge on any atom is 0.269 e. The summed E-state index contributed by atoms with van der Waals surface area (Å²) in [5, 5.41) is 13.5. The Balaban J connectivity index is 2.66. The number of amides is 1. The second kappa shape index (κ2) is 7.02. The largest absolute Gasteiger partial charge is 0.351 e. The summed E-state index contributed by atoms with van der Waals surface area (Å²) in [7, 11) is 0. The van der Waals surface area contributed by atoms with Crippen molar-refractivity contribution in [1.29, 1.82) is 0 Å². The molecule has 0 fully saturated rings. The summed E-state index contributed by atoms with van der Waals surface area (Å²) in [6, 6.07) is 4.26. The lowest BCUT2D eigenvalue weighted by Gasteiger charge is -2.22. The molecule has 1 aromatic carbocycles. The molecule has 116 valence electrons. The van der Waals surface area contributed by atoms with Crippen molar-refractivity contribution >= 4 is 27.5 Å². The van der Waals surface area contributed by atoms with Gasteiger partial charge < -0.3 is 5.32 Å². The molecule has 1 N–H and O–H groups in total. The molecule has 0 bridgehead atoms. The van der Waals surface area contributed by atoms with Gasteiger partial charge in [0.1, 0.15) is 0 Å². The van der Waals surface area contributed by atoms with Gasteiger partial charge in [0.15, 0.2) is 0 Å². The van der Waals surface area contributed by atoms with E-state index in [1.54, 1.807) is 6.92 Å². The zero-order valence-electron chi connectivity index (χ0n) is 12.8. The number of hydrogen-bond acceptors (Lipinski definition) is 3. The number of carbonyl (C=O) groups excluding carboxylic acids is 1. The number of benzene rings is 1. The standard InChI is InChI=1S/C15H21BrN2O3/c1-10-7-12(18(20)21)5-6-13(10)14(19)17-9-11(16)8-15(2,3)4/h5-7,11H,8-9H2,1-4H3,(H,17,19). The molecular weight excluding hydrogens is 336 g/mol. The van der Waals surface area contributed by atoms with Gasteiger partial charge in [0.25, 0.3) is 11.6 Å². The van der Waals surface area contributed by atoms with Gasteiger partial charge in [0.05, 0.1) is 4.92 Å². The molecule has 6 heteroatoms. The van der Waals surface area contributed by atoms with Crippen LogP contribution in [0.5, 0.6) is 0 Å². The maximum atomic E-state index is 12.1. The predicted molar refractivity (Wildman–Crippen MR) is 87.0 cm³/mol. The molecule has 5 nitrogen and oxygen atoms in total. The Bertz CT molecular complexity index is 538. The molecule has 0 aliphatic rings. The first-order valence-corrected chi connectivity index (χ1v) is 7.69. The fraction of sp³-hybridized carbons (Fsp3) is 0.533. The third-order valence-corrected chi connectivity index (χ3v) is 3.63. The predicted octanol–water partition coefficient (Wildman–Crippen LogP) is 3.83. The molecule has 0 spiro atoms. The Morgan fingerprint density at radius 3 is 2.52 bits per heavy atom. The summed E-state index contributed by atoms with van der Waals surface area (Å²) in [6.07, 6.45) is 0.937. The van der Waals surface area contributed by atoms with E-state index in [-0.39, 0.29) is 21.8 Å². The van der Waals surface area contributed by atoms with Gasteiger partial charge in [0, 0.05) is 29.1 Å². The second-order valence-electron chi connectivity index (χ2n) is 6.33. The van der Waals surface area contributed by atoms with E-state index in [2.05, 4.69) is 42.0 Å². The van der Waals surface area contributed by atoms with Gasteiger partial charge in [-0.2, -0.15) is 0 Å². The number of aryl methyl sites for hydroxylation is 1. The molecule has 1 atom stereocenters. The van der Waals surface area contributed by atoms with E-state index < -0.39 is 4.92 Å². The second-order valence-corrected chi connectivity index (χ2v) is 7.62. The van der Waals surface area contributed by atoms with E-state index in [1.807, 2.05) is 0 Å². The summed E-state index contributed by atoms with van der Waals surface area (Å²) >= 11 is 3.56. The van der Waals surface area contributed by atoms with Gasteiger partial charge in [-0.05, 0) is 30.4 Å². The number of nitrogens with one attached hydrogen (secondary N) is 1. The smallest absolute Gasteiger partial charge is 0.269 e. The summed E-state index contributed by atoms with van der Waals surface area (Å²) in [5.74, 6) is -0.208. The number of nitro benzene ring substituents is 1. The Morgan fingerprint density at radius 2 is 2.05 bits per heavy atom. The summed E-state index contributed by atoms with van der Waals surface area (Å²) in [5.41, 5.74) is 1.25. The molecule has 0 radical (unpaired) electrons. The van der Waals surface area contributed by atoms with Crippen LogP contribution in [0.4, 0.5) is 5.69 Å². The highest BCUT2D eigenvalue weighted by atomic mass is 79.9. The summed E-state index contributed by atoms with van der Waals surface area (Å²) in [6.45, 7) is 8.64. The van der Waals surface area contributed by atoms with Crippen molar-refractivity contribution in [3.63, 3.8) is 0 Å². The number of alkyl halides is 1. The van der Waals surface area contributed by atoms with Crippen molar-refractivity contribution in [2.24, 2.45) is 5.41 Å². The first kappa shape index (κ1) is 17.6. The van der Waals surface area contributed by atoms with Gasteiger partial charge in [-0.3, -0.25) is 14.9 Å². The van der Waals surface area contributed by atoms with E-state index in [9.17, 15) is 14.9 Å². The molecule has 0 aliphatic heterocycles. The van der Waals surface area contributed by atoms with Gasteiger partial charge in [-0.25, -0.2) is 0 Å². The number of hydrogen-bond donors (Lipinski definition) is 1. The van der Waals surface area contributed by atoms with Crippen LogP contribution in [0.2, 0.25) is 0 Å². The number of halogens is 1. The van der Waals surface area contributed by atoms with Crippen LogP contribution in [-0.2, 0) is 0 Å². The molecule has 0 saturated heterocycles. The minimum atomic E-state index is -0.466. The lowest BCUT2D eigenvalue weighted by Crippen LogP contribution is -2.31. The Hall–Kier alpha value is -1.43. The molecule has 1 amide bonds. The SMILES string of the molecule is Cc1cc([N+](=O)[O-])ccc1C(=O)NCC(Br)CC(C)(C)C. The van der Waals surface area contributed by atoms with Crippen LogP contribution in [0.1, 0.15) is 43.1 Å². The van der Waals surface area contributed by atoms with E-state index >= 15 is 0 Å². The highest BCUT2D eigenvalue weighted by Crippen LogP contribution is 2.24. The fourth-order valence-electron chi connectivity index (χ4n) is 2.05. The van der Waals surface area contributed by atoms with Crippen LogP contribution in [-0.4, -0.2) is 22.2 Å². The molecule has 0 saturated carbocycles. The molecule has 1 rings (SSSR count). The van der Waals surface area contributed by atoms with Crippen LogP contribution in [0.25, 0.3) is 0 Å². The van der Waals surface area contributed by atoms with Crippen LogP contribution in [0, 0.1) is 22.5 Å². The lowest BCUT2D eigenvalue weighted by atomic mass is 9.90. The molecule has 0 aliphatic carbocycles. The zero-order valence-corrected chi connectivity index (χ0v) is 14.4. The molecule has 21 heavy (non-hydrogen) atoms. The third-order valence-electron chi connectivity index (χ3n) is 2.98. The van der Waals surface area contributed by atoms with Crippen LogP contribution in [0.15, 0.2) is 18.2 Å². The number of nitro groups is 1. The van der Waals surface area contributed by atoms with E-state index in [1.165, 1.54) is 18.2 Å². The summed E-state index contributed by atoms with van der Waals surface area (Å²) < 4.78 is 0. The highest BCUT2D eigenvalue weighted by molar-refractivity contribution is 9.09. The van der Waals surface area contributed by atoms with Crippen molar-refractivity contribution in [1.82, 2.24) is 5.32 Å². The number of carbonyl (C=O) groups is 1. The van der Waals surface area contributed by atoms with Gasteiger partial charge in [-0.1, -0.05) is 36.7 Å². The topological polar surface area (TPSA) is 72.2 Å². The molecular formula is C15H21BrN2O3. The quantitative estimate of drug-likeness (QED) is 0.494. The minimum Gasteiger partial charge on any atom is -0.351 e. The monoisotopic (exact) mass is 356 g/mol. The average Bonchev–Trinajstić information content (AvgIpc) is 2.33. The van der Waals surface area contributed by atoms with Crippen molar-refractivity contribution in [2.75, 3.05) is 6.54 Å². The van der Waals surface area contributed by atoms with Gasteiger partial charge in [0.2, 0.25) is 0 Å². The first-order chi connectivity index (χ1) is 9.60. The molecule has 1 unspecified atom stereocenters. The van der Waals surface area contributed by atoms with Crippen LogP contribution in [0.3, 0.4) is 0 Å². The molecule has 1 aromatic rings. The van der Waals surface area contributed by atoms with Crippen molar-refractivity contribution < 1.29 is 9.72 Å². The third kappa shape index (κ3) is 5.83. The summed E-state index contributed by atoms with van der Waals surface area (Å²) in [4.78, 5) is 22.5. The Labute approximate surface area is 133 Å². The average molecular weight is 357 g/mol. The molecule has 0 heterocycles. The zero-order chi connectivity index (χ0) is 16.2.